The van der Waals surface area contributed by atoms with Crippen LogP contribution in [0.25, 0.3) is 0 Å². The van der Waals surface area contributed by atoms with E-state index in [2.05, 4.69) is 15.6 Å². The van der Waals surface area contributed by atoms with E-state index in [-0.39, 0.29) is 28.2 Å². The Morgan fingerprint density at radius 1 is 1.11 bits per heavy atom. The monoisotopic (exact) mass is 558 g/mol. The van der Waals surface area contributed by atoms with Crippen molar-refractivity contribution >= 4 is 44.8 Å². The zero-order valence-corrected chi connectivity index (χ0v) is 22.4. The van der Waals surface area contributed by atoms with E-state index in [4.69, 9.17) is 11.6 Å². The van der Waals surface area contributed by atoms with Crippen molar-refractivity contribution in [2.75, 3.05) is 29.6 Å². The number of amides is 2. The smallest absolute Gasteiger partial charge is 0.255 e. The molecule has 1 aliphatic heterocycles. The molecule has 2 aromatic carbocycles. The molecule has 3 aromatic rings. The minimum atomic E-state index is -3.55. The quantitative estimate of drug-likeness (QED) is 0.423. The van der Waals surface area contributed by atoms with E-state index in [1.54, 1.807) is 30.3 Å². The van der Waals surface area contributed by atoms with Crippen LogP contribution in [0.3, 0.4) is 0 Å². The van der Waals surface area contributed by atoms with E-state index < -0.39 is 15.7 Å². The number of sulfone groups is 1. The highest BCUT2D eigenvalue weighted by Gasteiger charge is 2.25. The maximum Gasteiger partial charge on any atom is 0.255 e. The molecule has 200 valence electrons. The van der Waals surface area contributed by atoms with Gasteiger partial charge in [0.05, 0.1) is 10.6 Å². The summed E-state index contributed by atoms with van der Waals surface area (Å²) in [6, 6.07) is 13.9. The molecule has 38 heavy (non-hydrogen) atoms. The van der Waals surface area contributed by atoms with Crippen molar-refractivity contribution in [2.24, 2.45) is 5.92 Å². The summed E-state index contributed by atoms with van der Waals surface area (Å²) in [5, 5.41) is 6.07. The largest absolute Gasteiger partial charge is 0.355 e. The van der Waals surface area contributed by atoms with Crippen LogP contribution in [0, 0.1) is 11.7 Å². The van der Waals surface area contributed by atoms with Gasteiger partial charge in [0, 0.05) is 49.1 Å². The number of pyridine rings is 1. The molecule has 4 rings (SSSR count). The van der Waals surface area contributed by atoms with Crippen molar-refractivity contribution in [3.63, 3.8) is 0 Å². The number of hydrogen-bond donors (Lipinski definition) is 2. The Bertz CT molecular complexity index is 1430. The van der Waals surface area contributed by atoms with Gasteiger partial charge >= 0.3 is 0 Å². The van der Waals surface area contributed by atoms with Gasteiger partial charge in [-0.25, -0.2) is 17.8 Å². The van der Waals surface area contributed by atoms with Gasteiger partial charge in [-0.1, -0.05) is 29.8 Å². The fourth-order valence-corrected chi connectivity index (χ4v) is 5.06. The van der Waals surface area contributed by atoms with Crippen molar-refractivity contribution in [1.82, 2.24) is 10.3 Å². The second-order valence-corrected chi connectivity index (χ2v) is 11.8. The number of piperidine rings is 1. The lowest BCUT2D eigenvalue weighted by Gasteiger charge is -2.33. The van der Waals surface area contributed by atoms with Crippen LogP contribution in [0.2, 0.25) is 5.02 Å². The number of aromatic nitrogens is 1. The lowest BCUT2D eigenvalue weighted by Crippen LogP contribution is -2.37. The van der Waals surface area contributed by atoms with Crippen LogP contribution >= 0.6 is 11.6 Å². The van der Waals surface area contributed by atoms with Gasteiger partial charge in [0.1, 0.15) is 5.82 Å². The molecule has 0 unspecified atom stereocenters. The Labute approximate surface area is 226 Å². The number of carbonyl (C=O) groups is 2. The van der Waals surface area contributed by atoms with E-state index in [1.165, 1.54) is 30.5 Å². The van der Waals surface area contributed by atoms with Crippen LogP contribution in [-0.2, 0) is 21.2 Å². The Morgan fingerprint density at radius 3 is 2.47 bits per heavy atom. The maximum atomic E-state index is 13.1. The fourth-order valence-electron chi connectivity index (χ4n) is 4.30. The molecule has 2 amide bonds. The molecule has 0 radical (unpaired) electrons. The summed E-state index contributed by atoms with van der Waals surface area (Å²) in [6.45, 7) is 1.51. The van der Waals surface area contributed by atoms with Crippen LogP contribution in [0.5, 0.6) is 0 Å². The first-order valence-corrected chi connectivity index (χ1v) is 14.4. The molecule has 2 N–H and O–H groups in total. The van der Waals surface area contributed by atoms with E-state index >= 15 is 0 Å². The molecule has 8 nitrogen and oxygen atoms in total. The van der Waals surface area contributed by atoms with Crippen LogP contribution in [0.4, 0.5) is 15.9 Å². The molecule has 1 saturated heterocycles. The highest BCUT2D eigenvalue weighted by atomic mass is 35.5. The number of nitrogens with one attached hydrogen (secondary N) is 2. The highest BCUT2D eigenvalue weighted by Crippen LogP contribution is 2.31. The summed E-state index contributed by atoms with van der Waals surface area (Å²) in [4.78, 5) is 31.7. The molecule has 0 atom stereocenters. The molecular formula is C27H28ClFN4O4S. The molecule has 11 heteroatoms. The molecule has 1 aliphatic rings. The Morgan fingerprint density at radius 2 is 1.82 bits per heavy atom. The predicted molar refractivity (Wildman–Crippen MR) is 145 cm³/mol. The highest BCUT2D eigenvalue weighted by molar-refractivity contribution is 7.90. The summed E-state index contributed by atoms with van der Waals surface area (Å²) >= 11 is 6.01. The first kappa shape index (κ1) is 27.5. The second-order valence-electron chi connectivity index (χ2n) is 9.32. The third kappa shape index (κ3) is 7.29. The van der Waals surface area contributed by atoms with Gasteiger partial charge in [-0.3, -0.25) is 9.59 Å². The molecule has 1 fully saturated rings. The lowest BCUT2D eigenvalue weighted by molar-refractivity contribution is -0.122. The summed E-state index contributed by atoms with van der Waals surface area (Å²) in [5.41, 5.74) is 1.44. The van der Waals surface area contributed by atoms with Crippen molar-refractivity contribution in [3.8, 4) is 0 Å². The average molecular weight is 559 g/mol. The van der Waals surface area contributed by atoms with Gasteiger partial charge in [0.25, 0.3) is 5.91 Å². The summed E-state index contributed by atoms with van der Waals surface area (Å²) in [7, 11) is -3.55. The van der Waals surface area contributed by atoms with Crippen molar-refractivity contribution in [2.45, 2.75) is 30.7 Å². The molecule has 0 bridgehead atoms. The second kappa shape index (κ2) is 11.9. The fraction of sp³-hybridized carbons (Fsp3) is 0.296. The normalized spacial score (nSPS) is 14.2. The first-order chi connectivity index (χ1) is 18.1. The van der Waals surface area contributed by atoms with Crippen LogP contribution < -0.4 is 15.5 Å². The van der Waals surface area contributed by atoms with Gasteiger partial charge in [-0.2, -0.15) is 0 Å². The Kier molecular flexibility index (Phi) is 8.63. The van der Waals surface area contributed by atoms with E-state index in [0.29, 0.717) is 42.5 Å². The number of hydrogen-bond acceptors (Lipinski definition) is 6. The van der Waals surface area contributed by atoms with Crippen molar-refractivity contribution < 1.29 is 22.4 Å². The number of anilines is 2. The summed E-state index contributed by atoms with van der Waals surface area (Å²) in [6.07, 6.45) is 4.18. The van der Waals surface area contributed by atoms with Gasteiger partial charge < -0.3 is 15.5 Å². The maximum absolute atomic E-state index is 13.1. The first-order valence-electron chi connectivity index (χ1n) is 12.1. The molecular weight excluding hydrogens is 531 g/mol. The van der Waals surface area contributed by atoms with E-state index in [0.717, 1.165) is 24.7 Å². The predicted octanol–water partition coefficient (Wildman–Crippen LogP) is 4.45. The third-order valence-electron chi connectivity index (χ3n) is 6.40. The minimum Gasteiger partial charge on any atom is -0.355 e. The Hall–Kier alpha value is -3.50. The standard InChI is InChI=1S/C27H28ClFN4O4S/c1-38(36,37)23-15-24(32-27(35)20-3-2-4-21(28)14-20)26(31-17-23)33-11-9-18(10-12-33)13-25(34)30-16-19-5-7-22(29)8-6-19/h2-8,14-15,17-18H,9-13,16H2,1H3,(H,30,34)(H,32,35). The van der Waals surface area contributed by atoms with Gasteiger partial charge in [-0.05, 0) is 60.7 Å². The van der Waals surface area contributed by atoms with E-state index in [1.807, 2.05) is 4.90 Å². The minimum absolute atomic E-state index is 0.00430. The molecule has 2 heterocycles. The SMILES string of the molecule is CS(=O)(=O)c1cnc(N2CCC(CC(=O)NCc3ccc(F)cc3)CC2)c(NC(=O)c2cccc(Cl)c2)c1. The summed E-state index contributed by atoms with van der Waals surface area (Å²) < 4.78 is 37.3. The average Bonchev–Trinajstić information content (AvgIpc) is 2.88. The molecule has 0 saturated carbocycles. The number of rotatable bonds is 8. The number of carbonyl (C=O) groups excluding carboxylic acids is 2. The van der Waals surface area contributed by atoms with Crippen LogP contribution in [0.1, 0.15) is 35.2 Å². The van der Waals surface area contributed by atoms with Gasteiger partial charge in [0.2, 0.25) is 5.91 Å². The lowest BCUT2D eigenvalue weighted by atomic mass is 9.93. The van der Waals surface area contributed by atoms with Crippen LogP contribution in [-0.4, -0.2) is 44.6 Å². The molecule has 0 spiro atoms. The van der Waals surface area contributed by atoms with Crippen molar-refractivity contribution in [3.05, 3.63) is 82.8 Å². The van der Waals surface area contributed by atoms with Crippen molar-refractivity contribution in [1.29, 1.82) is 0 Å². The zero-order chi connectivity index (χ0) is 27.3. The van der Waals surface area contributed by atoms with Gasteiger partial charge in [0.15, 0.2) is 15.7 Å². The number of halogens is 2. The van der Waals surface area contributed by atoms with Gasteiger partial charge in [-0.15, -0.1) is 0 Å². The third-order valence-corrected chi connectivity index (χ3v) is 7.71. The molecule has 0 aliphatic carbocycles. The molecule has 1 aromatic heterocycles. The van der Waals surface area contributed by atoms with E-state index in [9.17, 15) is 22.4 Å². The zero-order valence-electron chi connectivity index (χ0n) is 20.8. The van der Waals surface area contributed by atoms with Crippen LogP contribution in [0.15, 0.2) is 65.7 Å². The topological polar surface area (TPSA) is 108 Å². The summed E-state index contributed by atoms with van der Waals surface area (Å²) in [5.74, 6) is -0.197. The number of benzene rings is 2. The Balaban J connectivity index is 1.41. The number of nitrogens with zero attached hydrogens (tertiary/aromatic N) is 2.